The molecule has 2 N–H and O–H groups in total. The van der Waals surface area contributed by atoms with Crippen LogP contribution in [0, 0.1) is 17.1 Å². The van der Waals surface area contributed by atoms with Crippen molar-refractivity contribution in [2.75, 3.05) is 7.05 Å². The Bertz CT molecular complexity index is 1270. The number of carbonyl (C=O) groups excluding carboxylic acids is 1. The van der Waals surface area contributed by atoms with Gasteiger partial charge < -0.3 is 15.3 Å². The average molecular weight is 458 g/mol. The fraction of sp³-hybridized carbons (Fsp3) is 0.231. The highest BCUT2D eigenvalue weighted by atomic mass is 19.1. The molecule has 1 heterocycles. The maximum atomic E-state index is 13.1. The van der Waals surface area contributed by atoms with Gasteiger partial charge in [-0.05, 0) is 60.0 Å². The number of hydrogen-bond donors (Lipinski definition) is 2. The lowest BCUT2D eigenvalue weighted by molar-refractivity contribution is 0.0858. The van der Waals surface area contributed by atoms with Gasteiger partial charge in [-0.2, -0.15) is 5.26 Å². The van der Waals surface area contributed by atoms with Gasteiger partial charge in [0.15, 0.2) is 0 Å². The summed E-state index contributed by atoms with van der Waals surface area (Å²) in [6, 6.07) is 16.4. The van der Waals surface area contributed by atoms with Crippen molar-refractivity contribution in [2.24, 2.45) is 4.99 Å². The van der Waals surface area contributed by atoms with Crippen LogP contribution in [-0.4, -0.2) is 39.9 Å². The number of rotatable bonds is 5. The normalized spacial score (nSPS) is 17.1. The lowest BCUT2D eigenvalue weighted by Crippen LogP contribution is -2.33. The van der Waals surface area contributed by atoms with Gasteiger partial charge in [0.1, 0.15) is 23.4 Å². The molecule has 0 bridgehead atoms. The van der Waals surface area contributed by atoms with Crippen molar-refractivity contribution >= 4 is 17.4 Å². The van der Waals surface area contributed by atoms with Gasteiger partial charge in [0.2, 0.25) is 0 Å². The van der Waals surface area contributed by atoms with E-state index >= 15 is 0 Å². The van der Waals surface area contributed by atoms with Crippen LogP contribution in [0.5, 0.6) is 0 Å². The van der Waals surface area contributed by atoms with E-state index in [1.54, 1.807) is 12.1 Å². The highest BCUT2D eigenvalue weighted by Crippen LogP contribution is 2.34. The molecule has 0 radical (unpaired) electrons. The highest BCUT2D eigenvalue weighted by molar-refractivity contribution is 5.94. The number of nitrogens with one attached hydrogen (secondary N) is 1. The Morgan fingerprint density at radius 2 is 2.03 bits per heavy atom. The first kappa shape index (κ1) is 23.1. The number of aromatic nitrogens is 1. The van der Waals surface area contributed by atoms with E-state index in [9.17, 15) is 14.3 Å². The lowest BCUT2D eigenvalue weighted by Gasteiger charge is -2.20. The monoisotopic (exact) mass is 457 g/mol. The van der Waals surface area contributed by atoms with Gasteiger partial charge in [-0.25, -0.2) is 14.4 Å². The number of nitriles is 1. The van der Waals surface area contributed by atoms with Crippen LogP contribution in [0.4, 0.5) is 10.1 Å². The van der Waals surface area contributed by atoms with E-state index in [0.717, 1.165) is 22.5 Å². The van der Waals surface area contributed by atoms with E-state index in [0.29, 0.717) is 24.2 Å². The summed E-state index contributed by atoms with van der Waals surface area (Å²) in [5.74, 6) is 0.124. The minimum atomic E-state index is -0.758. The Morgan fingerprint density at radius 3 is 2.71 bits per heavy atom. The zero-order valence-electron chi connectivity index (χ0n) is 18.9. The number of amidine groups is 1. The predicted molar refractivity (Wildman–Crippen MR) is 126 cm³/mol. The van der Waals surface area contributed by atoms with Gasteiger partial charge in [0.05, 0.1) is 23.4 Å². The number of benzene rings is 2. The molecule has 8 heteroatoms. The van der Waals surface area contributed by atoms with Gasteiger partial charge >= 0.3 is 0 Å². The number of aliphatic imine (C=N–C) groups is 1. The van der Waals surface area contributed by atoms with E-state index in [2.05, 4.69) is 10.3 Å². The van der Waals surface area contributed by atoms with Crippen molar-refractivity contribution < 1.29 is 14.3 Å². The van der Waals surface area contributed by atoms with Crippen LogP contribution in [0.2, 0.25) is 0 Å². The second-order valence-corrected chi connectivity index (χ2v) is 8.29. The Kier molecular flexibility index (Phi) is 6.66. The molecule has 1 amide bonds. The van der Waals surface area contributed by atoms with E-state index in [-0.39, 0.29) is 17.4 Å². The van der Waals surface area contributed by atoms with Crippen molar-refractivity contribution in [1.82, 2.24) is 15.2 Å². The Labute approximate surface area is 197 Å². The number of carbonyl (C=O) groups is 1. The molecule has 2 atom stereocenters. The van der Waals surface area contributed by atoms with E-state index in [4.69, 9.17) is 10.3 Å². The van der Waals surface area contributed by atoms with E-state index in [1.165, 1.54) is 30.5 Å². The molecule has 1 aromatic heterocycles. The zero-order valence-corrected chi connectivity index (χ0v) is 18.9. The van der Waals surface area contributed by atoms with Crippen LogP contribution in [0.3, 0.4) is 0 Å². The first-order valence-electron chi connectivity index (χ1n) is 10.8. The van der Waals surface area contributed by atoms with Crippen LogP contribution in [0.25, 0.3) is 0 Å². The maximum absolute atomic E-state index is 13.1. The highest BCUT2D eigenvalue weighted by Gasteiger charge is 2.32. The quantitative estimate of drug-likeness (QED) is 0.450. The average Bonchev–Trinajstić information content (AvgIpc) is 3.14. The molecule has 1 aliphatic rings. The van der Waals surface area contributed by atoms with Gasteiger partial charge in [-0.15, -0.1) is 0 Å². The Hall–Kier alpha value is -4.09. The van der Waals surface area contributed by atoms with Crippen LogP contribution in [0.15, 0.2) is 65.8 Å². The summed E-state index contributed by atoms with van der Waals surface area (Å²) < 4.78 is 13.1. The molecule has 0 aliphatic heterocycles. The minimum Gasteiger partial charge on any atom is -0.390 e. The van der Waals surface area contributed by atoms with Gasteiger partial charge in [0.25, 0.3) is 5.91 Å². The van der Waals surface area contributed by atoms with E-state index < -0.39 is 12.1 Å². The topological polar surface area (TPSA) is 102 Å². The fourth-order valence-corrected chi connectivity index (χ4v) is 3.92. The van der Waals surface area contributed by atoms with Crippen LogP contribution >= 0.6 is 0 Å². The summed E-state index contributed by atoms with van der Waals surface area (Å²) in [5.41, 5.74) is 3.98. The summed E-state index contributed by atoms with van der Waals surface area (Å²) >= 11 is 0. The molecule has 2 aromatic carbocycles. The molecule has 1 aliphatic carbocycles. The molecule has 4 rings (SSSR count). The van der Waals surface area contributed by atoms with Gasteiger partial charge in [-0.1, -0.05) is 18.2 Å². The molecule has 172 valence electrons. The van der Waals surface area contributed by atoms with Crippen molar-refractivity contribution in [1.29, 1.82) is 5.26 Å². The third kappa shape index (κ3) is 5.11. The van der Waals surface area contributed by atoms with Crippen molar-refractivity contribution in [2.45, 2.75) is 32.0 Å². The summed E-state index contributed by atoms with van der Waals surface area (Å²) in [4.78, 5) is 23.3. The van der Waals surface area contributed by atoms with Crippen LogP contribution in [0.1, 0.15) is 45.7 Å². The first-order valence-corrected chi connectivity index (χ1v) is 10.8. The maximum Gasteiger partial charge on any atom is 0.253 e. The minimum absolute atomic E-state index is 0.227. The molecular formula is C26H24FN5O2. The predicted octanol–water partition coefficient (Wildman–Crippen LogP) is 3.66. The molecule has 0 spiro atoms. The Balaban J connectivity index is 1.50. The third-order valence-electron chi connectivity index (χ3n) is 5.88. The third-order valence-corrected chi connectivity index (χ3v) is 5.88. The van der Waals surface area contributed by atoms with Crippen LogP contribution in [-0.2, 0) is 13.0 Å². The lowest BCUT2D eigenvalue weighted by atomic mass is 10.1. The number of fused-ring (bicyclic) bond motifs is 1. The molecule has 0 fully saturated rings. The molecule has 7 nitrogen and oxygen atoms in total. The molecule has 0 saturated carbocycles. The summed E-state index contributed by atoms with van der Waals surface area (Å²) in [6.07, 6.45) is 1.02. The molecular weight excluding hydrogens is 433 g/mol. The second kappa shape index (κ2) is 9.81. The number of nitrogens with zero attached hydrogens (tertiary/aromatic N) is 4. The van der Waals surface area contributed by atoms with E-state index in [1.807, 2.05) is 43.1 Å². The number of aliphatic hydroxyl groups is 1. The summed E-state index contributed by atoms with van der Waals surface area (Å²) in [5, 5.41) is 22.3. The number of hydrogen-bond acceptors (Lipinski definition) is 5. The number of amides is 1. The zero-order chi connectivity index (χ0) is 24.2. The SMILES string of the molecule is CC(=Nc1ccc2c(c1)[C@@H](NC(=O)c1ccc(C#N)nc1)[C@H](O)C2)N(C)Cc1ccc(F)cc1. The van der Waals surface area contributed by atoms with Crippen molar-refractivity contribution in [3.63, 3.8) is 0 Å². The first-order chi connectivity index (χ1) is 16.3. The number of aliphatic hydroxyl groups excluding tert-OH is 1. The van der Waals surface area contributed by atoms with Crippen molar-refractivity contribution in [3.05, 3.63) is 94.6 Å². The summed E-state index contributed by atoms with van der Waals surface area (Å²) in [6.45, 7) is 2.47. The van der Waals surface area contributed by atoms with Crippen molar-refractivity contribution in [3.8, 4) is 6.07 Å². The van der Waals surface area contributed by atoms with Gasteiger partial charge in [0, 0.05) is 26.2 Å². The largest absolute Gasteiger partial charge is 0.390 e. The number of halogens is 1. The molecule has 0 unspecified atom stereocenters. The molecule has 3 aromatic rings. The Morgan fingerprint density at radius 1 is 1.26 bits per heavy atom. The molecule has 0 saturated heterocycles. The van der Waals surface area contributed by atoms with Crippen LogP contribution < -0.4 is 5.32 Å². The van der Waals surface area contributed by atoms with Gasteiger partial charge in [-0.3, -0.25) is 4.79 Å². The fourth-order valence-electron chi connectivity index (χ4n) is 3.92. The molecule has 34 heavy (non-hydrogen) atoms. The second-order valence-electron chi connectivity index (χ2n) is 8.29. The standard InChI is InChI=1S/C26H24FN5O2/c1-16(32(2)15-17-3-7-20(27)8-4-17)30-21-9-5-18-11-24(33)25(23(18)12-21)31-26(34)19-6-10-22(13-28)29-14-19/h3-10,12,14,24-25,33H,11,15H2,1-2H3,(H,31,34)/t24-,25-/m1/s1. The smallest absolute Gasteiger partial charge is 0.253 e. The summed E-state index contributed by atoms with van der Waals surface area (Å²) in [7, 11) is 1.91. The number of pyridine rings is 1.